The average Bonchev–Trinajstić information content (AvgIpc) is 2.93. The molecule has 2 aromatic rings. The number of ether oxygens (including phenoxy) is 1. The topological polar surface area (TPSA) is 75.7 Å². The highest BCUT2D eigenvalue weighted by Crippen LogP contribution is 2.29. The molecule has 0 atom stereocenters. The van der Waals surface area contributed by atoms with Crippen LogP contribution in [0.25, 0.3) is 0 Å². The van der Waals surface area contributed by atoms with Crippen molar-refractivity contribution in [2.75, 3.05) is 25.1 Å². The highest BCUT2D eigenvalue weighted by molar-refractivity contribution is 7.89. The van der Waals surface area contributed by atoms with Crippen LogP contribution in [0.15, 0.2) is 47.4 Å². The van der Waals surface area contributed by atoms with E-state index in [1.165, 1.54) is 16.5 Å². The van der Waals surface area contributed by atoms with Gasteiger partial charge in [-0.2, -0.15) is 0 Å². The summed E-state index contributed by atoms with van der Waals surface area (Å²) in [7, 11) is -1.96. The number of sulfonamides is 1. The van der Waals surface area contributed by atoms with Gasteiger partial charge in [0.05, 0.1) is 11.3 Å². The molecule has 0 saturated carbocycles. The van der Waals surface area contributed by atoms with Gasteiger partial charge in [-0.1, -0.05) is 19.1 Å². The van der Waals surface area contributed by atoms with Crippen LogP contribution in [-0.2, 0) is 27.7 Å². The van der Waals surface area contributed by atoms with Gasteiger partial charge in [0.25, 0.3) is 0 Å². The Kier molecular flexibility index (Phi) is 5.29. The summed E-state index contributed by atoms with van der Waals surface area (Å²) < 4.78 is 32.9. The van der Waals surface area contributed by atoms with Crippen LogP contribution >= 0.6 is 0 Å². The van der Waals surface area contributed by atoms with Gasteiger partial charge in [-0.3, -0.25) is 4.79 Å². The zero-order valence-electron chi connectivity index (χ0n) is 14.9. The fourth-order valence-corrected chi connectivity index (χ4v) is 3.93. The number of likely N-dealkylation sites (N-methyl/N-ethyl adjacent to an activating group) is 1. The Labute approximate surface area is 153 Å². The van der Waals surface area contributed by atoms with Crippen LogP contribution in [0.4, 0.5) is 5.69 Å². The summed E-state index contributed by atoms with van der Waals surface area (Å²) in [6.45, 7) is 2.47. The normalized spacial score (nSPS) is 13.8. The Morgan fingerprint density at radius 2 is 1.88 bits per heavy atom. The maximum atomic E-state index is 12.4. The van der Waals surface area contributed by atoms with Gasteiger partial charge >= 0.3 is 0 Å². The van der Waals surface area contributed by atoms with Crippen LogP contribution in [-0.4, -0.2) is 34.5 Å². The molecule has 0 spiro atoms. The smallest absolute Gasteiger partial charge is 0.240 e. The van der Waals surface area contributed by atoms with Gasteiger partial charge in [-0.25, -0.2) is 13.1 Å². The number of rotatable bonds is 7. The van der Waals surface area contributed by atoms with E-state index < -0.39 is 10.0 Å². The summed E-state index contributed by atoms with van der Waals surface area (Å²) in [6, 6.07) is 12.5. The van der Waals surface area contributed by atoms with Gasteiger partial charge in [0.1, 0.15) is 12.4 Å². The number of nitrogens with zero attached hydrogens (tertiary/aromatic N) is 1. The predicted molar refractivity (Wildman–Crippen MR) is 100 cm³/mol. The van der Waals surface area contributed by atoms with E-state index in [1.54, 1.807) is 19.2 Å². The molecule has 0 aromatic heterocycles. The van der Waals surface area contributed by atoms with Crippen molar-refractivity contribution in [1.82, 2.24) is 4.72 Å². The SMILES string of the molecule is CCc1ccc(OCCNS(=O)(=O)c2ccc3c(c2)CC(=O)N3C)cc1. The molecule has 6 nitrogen and oxygen atoms in total. The van der Waals surface area contributed by atoms with Crippen LogP contribution in [0.3, 0.4) is 0 Å². The zero-order valence-corrected chi connectivity index (χ0v) is 15.7. The molecule has 26 heavy (non-hydrogen) atoms. The molecule has 1 heterocycles. The Balaban J connectivity index is 1.57. The molecular weight excluding hydrogens is 352 g/mol. The first-order valence-corrected chi connectivity index (χ1v) is 10.00. The van der Waals surface area contributed by atoms with Crippen molar-refractivity contribution < 1.29 is 17.9 Å². The maximum absolute atomic E-state index is 12.4. The quantitative estimate of drug-likeness (QED) is 0.754. The average molecular weight is 374 g/mol. The lowest BCUT2D eigenvalue weighted by molar-refractivity contribution is -0.117. The molecule has 138 valence electrons. The van der Waals surface area contributed by atoms with Crippen LogP contribution in [0.5, 0.6) is 5.75 Å². The molecule has 0 radical (unpaired) electrons. The largest absolute Gasteiger partial charge is 0.492 e. The molecule has 2 aromatic carbocycles. The maximum Gasteiger partial charge on any atom is 0.240 e. The lowest BCUT2D eigenvalue weighted by atomic mass is 10.2. The van der Waals surface area contributed by atoms with Crippen molar-refractivity contribution in [1.29, 1.82) is 0 Å². The highest BCUT2D eigenvalue weighted by atomic mass is 32.2. The van der Waals surface area contributed by atoms with E-state index in [2.05, 4.69) is 11.6 Å². The first-order chi connectivity index (χ1) is 12.4. The number of aryl methyl sites for hydroxylation is 1. The molecule has 0 unspecified atom stereocenters. The molecule has 7 heteroatoms. The molecule has 1 aliphatic heterocycles. The van der Waals surface area contributed by atoms with Crippen molar-refractivity contribution >= 4 is 21.6 Å². The Bertz CT molecular complexity index is 908. The number of anilines is 1. The Hall–Kier alpha value is -2.38. The number of amides is 1. The van der Waals surface area contributed by atoms with Crippen LogP contribution < -0.4 is 14.4 Å². The van der Waals surface area contributed by atoms with Gasteiger partial charge < -0.3 is 9.64 Å². The third-order valence-electron chi connectivity index (χ3n) is 4.43. The summed E-state index contributed by atoms with van der Waals surface area (Å²) in [5, 5.41) is 0. The summed E-state index contributed by atoms with van der Waals surface area (Å²) in [5.41, 5.74) is 2.71. The standard InChI is InChI=1S/C19H22N2O4S/c1-3-14-4-6-16(7-5-14)25-11-10-20-26(23,24)17-8-9-18-15(12-17)13-19(22)21(18)2/h4-9,12,20H,3,10-11,13H2,1-2H3. The molecule has 1 N–H and O–H groups in total. The minimum atomic E-state index is -3.64. The van der Waals surface area contributed by atoms with E-state index >= 15 is 0 Å². The van der Waals surface area contributed by atoms with Crippen molar-refractivity contribution in [3.63, 3.8) is 0 Å². The first kappa shape index (κ1) is 18.4. The lowest BCUT2D eigenvalue weighted by Crippen LogP contribution is -2.28. The number of hydrogen-bond acceptors (Lipinski definition) is 4. The number of carbonyl (C=O) groups is 1. The third-order valence-corrected chi connectivity index (χ3v) is 5.89. The minimum Gasteiger partial charge on any atom is -0.492 e. The van der Waals surface area contributed by atoms with E-state index in [0.717, 1.165) is 17.7 Å². The molecule has 0 saturated heterocycles. The monoisotopic (exact) mass is 374 g/mol. The van der Waals surface area contributed by atoms with Crippen LogP contribution in [0.2, 0.25) is 0 Å². The van der Waals surface area contributed by atoms with E-state index in [9.17, 15) is 13.2 Å². The van der Waals surface area contributed by atoms with Gasteiger partial charge in [0.2, 0.25) is 15.9 Å². The van der Waals surface area contributed by atoms with E-state index in [4.69, 9.17) is 4.74 Å². The Morgan fingerprint density at radius 3 is 2.58 bits per heavy atom. The summed E-state index contributed by atoms with van der Waals surface area (Å²) in [4.78, 5) is 13.4. The number of benzene rings is 2. The second-order valence-electron chi connectivity index (χ2n) is 6.16. The van der Waals surface area contributed by atoms with E-state index in [-0.39, 0.29) is 30.4 Å². The van der Waals surface area contributed by atoms with Gasteiger partial charge in [0.15, 0.2) is 0 Å². The van der Waals surface area contributed by atoms with E-state index in [0.29, 0.717) is 5.75 Å². The molecule has 0 bridgehead atoms. The van der Waals surface area contributed by atoms with Crippen LogP contribution in [0.1, 0.15) is 18.1 Å². The minimum absolute atomic E-state index is 0.0370. The van der Waals surface area contributed by atoms with Crippen molar-refractivity contribution in [3.05, 3.63) is 53.6 Å². The number of carbonyl (C=O) groups excluding carboxylic acids is 1. The van der Waals surface area contributed by atoms with Gasteiger partial charge in [0, 0.05) is 19.3 Å². The second-order valence-corrected chi connectivity index (χ2v) is 7.93. The van der Waals surface area contributed by atoms with E-state index in [1.807, 2.05) is 24.3 Å². The molecule has 0 aliphatic carbocycles. The molecule has 1 aliphatic rings. The summed E-state index contributed by atoms with van der Waals surface area (Å²) >= 11 is 0. The molecule has 0 fully saturated rings. The molecular formula is C19H22N2O4S. The van der Waals surface area contributed by atoms with Gasteiger partial charge in [-0.05, 0) is 47.9 Å². The predicted octanol–water partition coefficient (Wildman–Crippen LogP) is 2.13. The molecule has 1 amide bonds. The number of hydrogen-bond donors (Lipinski definition) is 1. The fourth-order valence-electron chi connectivity index (χ4n) is 2.86. The van der Waals surface area contributed by atoms with Crippen molar-refractivity contribution in [2.24, 2.45) is 0 Å². The number of nitrogens with one attached hydrogen (secondary N) is 1. The molecule has 3 rings (SSSR count). The van der Waals surface area contributed by atoms with Gasteiger partial charge in [-0.15, -0.1) is 0 Å². The summed E-state index contributed by atoms with van der Waals surface area (Å²) in [6.07, 6.45) is 1.19. The van der Waals surface area contributed by atoms with Crippen molar-refractivity contribution in [3.8, 4) is 5.75 Å². The van der Waals surface area contributed by atoms with Crippen molar-refractivity contribution in [2.45, 2.75) is 24.7 Å². The fraction of sp³-hybridized carbons (Fsp3) is 0.316. The highest BCUT2D eigenvalue weighted by Gasteiger charge is 2.26. The Morgan fingerprint density at radius 1 is 1.15 bits per heavy atom. The second kappa shape index (κ2) is 7.47. The third kappa shape index (κ3) is 3.89. The zero-order chi connectivity index (χ0) is 18.7. The number of fused-ring (bicyclic) bond motifs is 1. The van der Waals surface area contributed by atoms with Crippen LogP contribution in [0, 0.1) is 0 Å². The lowest BCUT2D eigenvalue weighted by Gasteiger charge is -2.12. The first-order valence-electron chi connectivity index (χ1n) is 8.51. The summed E-state index contributed by atoms with van der Waals surface area (Å²) in [5.74, 6) is 0.672.